The van der Waals surface area contributed by atoms with Crippen LogP contribution in [0.3, 0.4) is 0 Å². The van der Waals surface area contributed by atoms with Gasteiger partial charge in [0.15, 0.2) is 0 Å². The van der Waals surface area contributed by atoms with Crippen molar-refractivity contribution in [2.75, 3.05) is 0 Å². The molecule has 8 heteroatoms. The maximum absolute atomic E-state index is 14.6. The van der Waals surface area contributed by atoms with Crippen LogP contribution in [0.4, 0.5) is 0 Å². The molecule has 0 amide bonds. The SMILES string of the molecule is Cc1ccc(S(=O)(=O)N2Cc3c(c(-c4cccc5ccccc45)c(COC(=O)C4=C=CC=C4)c(COC(=O)C4=C=CC=C4)c3-c3cccc4ccccc34)C2)cc1. The van der Waals surface area contributed by atoms with Crippen LogP contribution in [0, 0.1) is 6.92 Å². The van der Waals surface area contributed by atoms with Crippen molar-refractivity contribution < 1.29 is 27.5 Å². The number of sulfonamides is 1. The number of rotatable bonds is 10. The van der Waals surface area contributed by atoms with E-state index in [0.29, 0.717) is 11.1 Å². The van der Waals surface area contributed by atoms with Gasteiger partial charge >= 0.3 is 11.9 Å². The summed E-state index contributed by atoms with van der Waals surface area (Å²) in [6.45, 7) is 1.65. The first kappa shape index (κ1) is 35.9. The van der Waals surface area contributed by atoms with E-state index in [0.717, 1.165) is 60.5 Å². The van der Waals surface area contributed by atoms with Crippen molar-refractivity contribution in [3.05, 3.63) is 196 Å². The molecule has 3 aliphatic rings. The Bertz CT molecular complexity index is 2820. The molecular formula is C49H35NO6S. The van der Waals surface area contributed by atoms with Gasteiger partial charge in [0.1, 0.15) is 24.4 Å². The first-order chi connectivity index (χ1) is 27.8. The normalized spacial score (nSPS) is 14.3. The van der Waals surface area contributed by atoms with E-state index in [1.807, 2.05) is 91.9 Å². The van der Waals surface area contributed by atoms with Crippen LogP contribution in [0.15, 0.2) is 173 Å². The second-order valence-corrected chi connectivity index (χ2v) is 16.1. The molecule has 6 aromatic carbocycles. The van der Waals surface area contributed by atoms with Gasteiger partial charge < -0.3 is 9.47 Å². The molecule has 0 atom stereocenters. The Hall–Kier alpha value is -6.79. The van der Waals surface area contributed by atoms with Crippen LogP contribution in [-0.2, 0) is 55.4 Å². The molecule has 2 aliphatic carbocycles. The average molecular weight is 766 g/mol. The van der Waals surface area contributed by atoms with Gasteiger partial charge in [-0.25, -0.2) is 18.0 Å². The molecule has 0 N–H and O–H groups in total. The predicted molar refractivity (Wildman–Crippen MR) is 221 cm³/mol. The fourth-order valence-corrected chi connectivity index (χ4v) is 9.33. The molecule has 1 heterocycles. The predicted octanol–water partition coefficient (Wildman–Crippen LogP) is 9.73. The Kier molecular flexibility index (Phi) is 9.25. The van der Waals surface area contributed by atoms with Crippen LogP contribution in [0.5, 0.6) is 0 Å². The van der Waals surface area contributed by atoms with Crippen molar-refractivity contribution >= 4 is 43.5 Å². The molecule has 0 radical (unpaired) electrons. The monoisotopic (exact) mass is 765 g/mol. The molecule has 0 unspecified atom stereocenters. The molecule has 1 aliphatic heterocycles. The van der Waals surface area contributed by atoms with E-state index in [-0.39, 0.29) is 42.3 Å². The van der Waals surface area contributed by atoms with E-state index in [4.69, 9.17) is 9.47 Å². The molecule has 0 fully saturated rings. The van der Waals surface area contributed by atoms with Crippen LogP contribution in [0.25, 0.3) is 43.8 Å². The Morgan fingerprint density at radius 3 is 1.53 bits per heavy atom. The highest BCUT2D eigenvalue weighted by Gasteiger charge is 2.38. The topological polar surface area (TPSA) is 90.0 Å². The van der Waals surface area contributed by atoms with Gasteiger partial charge in [0.05, 0.1) is 4.90 Å². The first-order valence-corrected chi connectivity index (χ1v) is 20.1. The number of fused-ring (bicyclic) bond motifs is 3. The molecule has 0 saturated heterocycles. The number of esters is 2. The van der Waals surface area contributed by atoms with Crippen molar-refractivity contribution in [2.24, 2.45) is 0 Å². The molecule has 57 heavy (non-hydrogen) atoms. The van der Waals surface area contributed by atoms with Gasteiger partial charge in [0, 0.05) is 24.2 Å². The number of hydrogen-bond donors (Lipinski definition) is 0. The van der Waals surface area contributed by atoms with E-state index in [1.54, 1.807) is 60.7 Å². The first-order valence-electron chi connectivity index (χ1n) is 18.6. The fourth-order valence-electron chi connectivity index (χ4n) is 7.96. The van der Waals surface area contributed by atoms with E-state index < -0.39 is 22.0 Å². The van der Waals surface area contributed by atoms with Crippen LogP contribution in [-0.4, -0.2) is 24.7 Å². The Balaban J connectivity index is 1.35. The van der Waals surface area contributed by atoms with Gasteiger partial charge in [-0.15, -0.1) is 11.5 Å². The van der Waals surface area contributed by atoms with Crippen LogP contribution < -0.4 is 0 Å². The highest BCUT2D eigenvalue weighted by atomic mass is 32.2. The summed E-state index contributed by atoms with van der Waals surface area (Å²) in [5, 5.41) is 3.84. The van der Waals surface area contributed by atoms with E-state index >= 15 is 0 Å². The zero-order chi connectivity index (χ0) is 39.1. The number of hydrogen-bond acceptors (Lipinski definition) is 6. The summed E-state index contributed by atoms with van der Waals surface area (Å²) in [4.78, 5) is 27.3. The third-order valence-electron chi connectivity index (χ3n) is 10.7. The smallest absolute Gasteiger partial charge is 0.346 e. The summed E-state index contributed by atoms with van der Waals surface area (Å²) in [7, 11) is -3.99. The van der Waals surface area contributed by atoms with Gasteiger partial charge in [-0.1, -0.05) is 115 Å². The van der Waals surface area contributed by atoms with Gasteiger partial charge in [-0.2, -0.15) is 4.31 Å². The number of benzene rings is 6. The number of ether oxygens (including phenoxy) is 2. The summed E-state index contributed by atoms with van der Waals surface area (Å²) in [5.41, 5.74) is 13.3. The van der Waals surface area contributed by atoms with Crippen molar-refractivity contribution in [1.29, 1.82) is 0 Å². The highest BCUT2D eigenvalue weighted by Crippen LogP contribution is 2.48. The van der Waals surface area contributed by atoms with Crippen molar-refractivity contribution in [1.82, 2.24) is 4.31 Å². The van der Waals surface area contributed by atoms with Crippen molar-refractivity contribution in [3.63, 3.8) is 0 Å². The third-order valence-corrected chi connectivity index (χ3v) is 12.5. The molecule has 0 spiro atoms. The summed E-state index contributed by atoms with van der Waals surface area (Å²) < 4.78 is 42.9. The molecule has 9 rings (SSSR count). The van der Waals surface area contributed by atoms with Crippen molar-refractivity contribution in [3.8, 4) is 22.3 Å². The lowest BCUT2D eigenvalue weighted by Gasteiger charge is -2.25. The number of carbonyl (C=O) groups is 2. The van der Waals surface area contributed by atoms with Gasteiger partial charge in [0.25, 0.3) is 0 Å². The Morgan fingerprint density at radius 1 is 0.614 bits per heavy atom. The molecule has 0 bridgehead atoms. The lowest BCUT2D eigenvalue weighted by atomic mass is 9.80. The summed E-state index contributed by atoms with van der Waals surface area (Å²) >= 11 is 0. The van der Waals surface area contributed by atoms with E-state index in [2.05, 4.69) is 11.5 Å². The third kappa shape index (κ3) is 6.57. The largest absolute Gasteiger partial charge is 0.457 e. The molecule has 6 aromatic rings. The maximum atomic E-state index is 14.6. The molecule has 278 valence electrons. The molecule has 0 saturated carbocycles. The van der Waals surface area contributed by atoms with Crippen LogP contribution >= 0.6 is 0 Å². The quantitative estimate of drug-likeness (QED) is 0.102. The lowest BCUT2D eigenvalue weighted by molar-refractivity contribution is -0.141. The number of allylic oxidation sites excluding steroid dienone is 2. The molecular weight excluding hydrogens is 731 g/mol. The summed E-state index contributed by atoms with van der Waals surface area (Å²) in [5.74, 6) is -1.12. The number of nitrogens with zero attached hydrogens (tertiary/aromatic N) is 1. The zero-order valence-corrected chi connectivity index (χ0v) is 31.8. The minimum Gasteiger partial charge on any atom is -0.457 e. The number of carbonyl (C=O) groups excluding carboxylic acids is 2. The Morgan fingerprint density at radius 2 is 1.07 bits per heavy atom. The lowest BCUT2D eigenvalue weighted by Crippen LogP contribution is -2.25. The maximum Gasteiger partial charge on any atom is 0.346 e. The van der Waals surface area contributed by atoms with Gasteiger partial charge in [-0.05, 0) is 98.3 Å². The summed E-state index contributed by atoms with van der Waals surface area (Å²) in [6, 6.07) is 34.9. The van der Waals surface area contributed by atoms with E-state index in [1.165, 1.54) is 4.31 Å². The number of aryl methyl sites for hydroxylation is 1. The van der Waals surface area contributed by atoms with Crippen LogP contribution in [0.1, 0.15) is 27.8 Å². The fraction of sp³-hybridized carbons (Fsp3) is 0.102. The second-order valence-electron chi connectivity index (χ2n) is 14.1. The Labute approximate surface area is 330 Å². The summed E-state index contributed by atoms with van der Waals surface area (Å²) in [6.07, 6.45) is 10.0. The second kappa shape index (κ2) is 14.7. The zero-order valence-electron chi connectivity index (χ0n) is 31.0. The van der Waals surface area contributed by atoms with Gasteiger partial charge in [-0.3, -0.25) is 0 Å². The molecule has 0 aromatic heterocycles. The van der Waals surface area contributed by atoms with Gasteiger partial charge in [0.2, 0.25) is 10.0 Å². The average Bonchev–Trinajstić information content (AvgIpc) is 4.05. The standard InChI is InChI=1S/C49H35NO6S/c1-32-24-26-37(27-25-32)57(53,54)50-28-42-43(29-50)47(41-23-11-19-34-13-7-9-21-39(34)41)45(31-56-49(52)36-16-4-5-17-36)44(30-55-48(51)35-14-2-3-15-35)46(42)40-22-10-18-33-12-6-8-20-38(33)40/h2-14,16,18-27H,28-31H2,1H3. The molecule has 7 nitrogen and oxygen atoms in total. The minimum absolute atomic E-state index is 0.0575. The minimum atomic E-state index is -3.99. The highest BCUT2D eigenvalue weighted by molar-refractivity contribution is 7.89. The van der Waals surface area contributed by atoms with Crippen LogP contribution in [0.2, 0.25) is 0 Å². The van der Waals surface area contributed by atoms with Crippen molar-refractivity contribution in [2.45, 2.75) is 38.1 Å². The van der Waals surface area contributed by atoms with E-state index in [9.17, 15) is 18.0 Å².